The molecule has 0 aliphatic carbocycles. The first-order valence-electron chi connectivity index (χ1n) is 7.70. The lowest BCUT2D eigenvalue weighted by Crippen LogP contribution is -2.13. The molecule has 0 bridgehead atoms. The van der Waals surface area contributed by atoms with Crippen LogP contribution in [0.25, 0.3) is 0 Å². The van der Waals surface area contributed by atoms with Crippen LogP contribution in [0.3, 0.4) is 0 Å². The van der Waals surface area contributed by atoms with Gasteiger partial charge in [-0.3, -0.25) is 9.69 Å². The molecule has 21 heavy (non-hydrogen) atoms. The summed E-state index contributed by atoms with van der Waals surface area (Å²) in [6.07, 6.45) is 2.21. The summed E-state index contributed by atoms with van der Waals surface area (Å²) in [6.45, 7) is 3.05. The number of nitrogens with zero attached hydrogens (tertiary/aromatic N) is 1. The van der Waals surface area contributed by atoms with Crippen LogP contribution in [0.5, 0.6) is 0 Å². The van der Waals surface area contributed by atoms with Gasteiger partial charge in [0.25, 0.3) is 0 Å². The Bertz CT molecular complexity index is 593. The molecule has 2 nitrogen and oxygen atoms in total. The lowest BCUT2D eigenvalue weighted by atomic mass is 10.1. The maximum absolute atomic E-state index is 12.7. The van der Waals surface area contributed by atoms with Crippen molar-refractivity contribution in [1.29, 1.82) is 0 Å². The molecular formula is C19H21NO. The van der Waals surface area contributed by atoms with Gasteiger partial charge in [0, 0.05) is 18.2 Å². The molecule has 1 fully saturated rings. The highest BCUT2D eigenvalue weighted by atomic mass is 16.1. The summed E-state index contributed by atoms with van der Waals surface area (Å²) in [5.41, 5.74) is 2.11. The van der Waals surface area contributed by atoms with E-state index in [1.54, 1.807) is 0 Å². The summed E-state index contributed by atoms with van der Waals surface area (Å²) in [7, 11) is 0. The van der Waals surface area contributed by atoms with Crippen molar-refractivity contribution in [2.75, 3.05) is 0 Å². The van der Waals surface area contributed by atoms with Gasteiger partial charge in [-0.15, -0.1) is 0 Å². The van der Waals surface area contributed by atoms with Gasteiger partial charge in [0.1, 0.15) is 0 Å². The molecule has 2 heteroatoms. The topological polar surface area (TPSA) is 20.1 Å². The molecular weight excluding hydrogens is 258 g/mol. The van der Waals surface area contributed by atoms with E-state index >= 15 is 0 Å². The maximum atomic E-state index is 12.7. The Morgan fingerprint density at radius 2 is 1.62 bits per heavy atom. The van der Waals surface area contributed by atoms with E-state index in [2.05, 4.69) is 36.1 Å². The molecule has 108 valence electrons. The van der Waals surface area contributed by atoms with Gasteiger partial charge in [-0.1, -0.05) is 74.0 Å². The minimum absolute atomic E-state index is 0.0626. The fraction of sp³-hybridized carbons (Fsp3) is 0.316. The van der Waals surface area contributed by atoms with Crippen LogP contribution in [0.4, 0.5) is 0 Å². The van der Waals surface area contributed by atoms with E-state index in [1.165, 1.54) is 5.56 Å². The zero-order valence-corrected chi connectivity index (χ0v) is 12.4. The Balaban J connectivity index is 1.73. The lowest BCUT2D eigenvalue weighted by molar-refractivity contribution is 0.0973. The molecule has 0 N–H and O–H groups in total. The predicted molar refractivity (Wildman–Crippen MR) is 85.2 cm³/mol. The third-order valence-corrected chi connectivity index (χ3v) is 4.18. The summed E-state index contributed by atoms with van der Waals surface area (Å²) in [5, 5.41) is 0. The van der Waals surface area contributed by atoms with Gasteiger partial charge in [0.05, 0.1) is 6.04 Å². The minimum Gasteiger partial charge on any atom is -0.292 e. The molecule has 0 spiro atoms. The highest BCUT2D eigenvalue weighted by Crippen LogP contribution is 2.36. The van der Waals surface area contributed by atoms with Crippen LogP contribution in [-0.2, 0) is 6.54 Å². The van der Waals surface area contributed by atoms with Gasteiger partial charge in [-0.25, -0.2) is 0 Å². The molecule has 1 heterocycles. The fourth-order valence-corrected chi connectivity index (χ4v) is 3.06. The van der Waals surface area contributed by atoms with Crippen molar-refractivity contribution in [2.45, 2.75) is 38.4 Å². The lowest BCUT2D eigenvalue weighted by Gasteiger charge is -2.04. The number of hydrogen-bond acceptors (Lipinski definition) is 2. The van der Waals surface area contributed by atoms with Gasteiger partial charge in [0.2, 0.25) is 0 Å². The SMILES string of the molecule is CCC[C@@H]1[C@H](C(=O)c2ccccc2)N1Cc1ccccc1. The first-order chi connectivity index (χ1) is 10.3. The number of ketones is 1. The van der Waals surface area contributed by atoms with Crippen LogP contribution in [0, 0.1) is 0 Å². The van der Waals surface area contributed by atoms with Crippen molar-refractivity contribution in [2.24, 2.45) is 0 Å². The van der Waals surface area contributed by atoms with Crippen LogP contribution in [0.15, 0.2) is 60.7 Å². The molecule has 0 radical (unpaired) electrons. The summed E-state index contributed by atoms with van der Waals surface area (Å²) < 4.78 is 0. The van der Waals surface area contributed by atoms with Gasteiger partial charge < -0.3 is 0 Å². The molecule has 1 aliphatic heterocycles. The number of benzene rings is 2. The predicted octanol–water partition coefficient (Wildman–Crippen LogP) is 3.92. The second kappa shape index (κ2) is 6.23. The largest absolute Gasteiger partial charge is 0.292 e. The monoisotopic (exact) mass is 279 g/mol. The molecule has 0 aromatic heterocycles. The second-order valence-electron chi connectivity index (χ2n) is 5.69. The number of hydrogen-bond donors (Lipinski definition) is 0. The van der Waals surface area contributed by atoms with Crippen molar-refractivity contribution in [1.82, 2.24) is 4.90 Å². The molecule has 1 saturated heterocycles. The first-order valence-corrected chi connectivity index (χ1v) is 7.70. The quantitative estimate of drug-likeness (QED) is 0.590. The second-order valence-corrected chi connectivity index (χ2v) is 5.69. The van der Waals surface area contributed by atoms with Crippen molar-refractivity contribution in [3.05, 3.63) is 71.8 Å². The maximum Gasteiger partial charge on any atom is 0.181 e. The van der Waals surface area contributed by atoms with Crippen LogP contribution < -0.4 is 0 Å². The fourth-order valence-electron chi connectivity index (χ4n) is 3.06. The molecule has 2 aromatic carbocycles. The zero-order chi connectivity index (χ0) is 14.7. The van der Waals surface area contributed by atoms with Crippen molar-refractivity contribution < 1.29 is 4.79 Å². The summed E-state index contributed by atoms with van der Waals surface area (Å²) in [5.74, 6) is 0.269. The first kappa shape index (κ1) is 14.0. The van der Waals surface area contributed by atoms with E-state index in [0.717, 1.165) is 24.9 Å². The van der Waals surface area contributed by atoms with Gasteiger partial charge >= 0.3 is 0 Å². The highest BCUT2D eigenvalue weighted by molar-refractivity contribution is 6.02. The molecule has 2 aromatic rings. The normalized spacial score (nSPS) is 23.8. The Morgan fingerprint density at radius 1 is 1.00 bits per heavy atom. The molecule has 1 aliphatic rings. The van der Waals surface area contributed by atoms with Crippen LogP contribution in [0.1, 0.15) is 35.7 Å². The number of carbonyl (C=O) groups excluding carboxylic acids is 1. The Morgan fingerprint density at radius 3 is 2.24 bits per heavy atom. The smallest absolute Gasteiger partial charge is 0.181 e. The van der Waals surface area contributed by atoms with Crippen LogP contribution >= 0.6 is 0 Å². The zero-order valence-electron chi connectivity index (χ0n) is 12.4. The van der Waals surface area contributed by atoms with E-state index in [-0.39, 0.29) is 11.8 Å². The number of Topliss-reactive ketones (excluding diaryl/α,β-unsaturated/α-hetero) is 1. The average Bonchev–Trinajstić information content (AvgIpc) is 3.21. The van der Waals surface area contributed by atoms with Gasteiger partial charge in [-0.05, 0) is 12.0 Å². The highest BCUT2D eigenvalue weighted by Gasteiger charge is 2.50. The number of rotatable bonds is 6. The Labute approximate surface area is 126 Å². The molecule has 1 unspecified atom stereocenters. The standard InChI is InChI=1S/C19H21NO/c1-2-9-17-18(19(21)16-12-7-4-8-13-16)20(17)14-15-10-5-3-6-11-15/h3-8,10-13,17-18H,2,9,14H2,1H3/t17-,18-,20?/m1/s1. The molecule has 3 rings (SSSR count). The number of carbonyl (C=O) groups is 1. The third-order valence-electron chi connectivity index (χ3n) is 4.18. The molecule has 0 amide bonds. The van der Waals surface area contributed by atoms with Gasteiger partial charge in [-0.2, -0.15) is 0 Å². The Kier molecular flexibility index (Phi) is 4.16. The van der Waals surface area contributed by atoms with Crippen LogP contribution in [-0.4, -0.2) is 22.8 Å². The van der Waals surface area contributed by atoms with Crippen molar-refractivity contribution >= 4 is 5.78 Å². The third kappa shape index (κ3) is 3.06. The average molecular weight is 279 g/mol. The van der Waals surface area contributed by atoms with Crippen molar-refractivity contribution in [3.63, 3.8) is 0 Å². The summed E-state index contributed by atoms with van der Waals surface area (Å²) in [4.78, 5) is 15.0. The Hall–Kier alpha value is -1.93. The summed E-state index contributed by atoms with van der Waals surface area (Å²) in [6, 6.07) is 20.5. The molecule has 0 saturated carbocycles. The van der Waals surface area contributed by atoms with E-state index in [4.69, 9.17) is 0 Å². The van der Waals surface area contributed by atoms with Gasteiger partial charge in [0.15, 0.2) is 5.78 Å². The van der Waals surface area contributed by atoms with E-state index in [0.29, 0.717) is 6.04 Å². The van der Waals surface area contributed by atoms with Crippen molar-refractivity contribution in [3.8, 4) is 0 Å². The van der Waals surface area contributed by atoms with Crippen LogP contribution in [0.2, 0.25) is 0 Å². The molecule has 3 atom stereocenters. The summed E-state index contributed by atoms with van der Waals surface area (Å²) >= 11 is 0. The van der Waals surface area contributed by atoms with E-state index in [9.17, 15) is 4.79 Å². The minimum atomic E-state index is 0.0626. The van der Waals surface area contributed by atoms with E-state index < -0.39 is 0 Å². The van der Waals surface area contributed by atoms with E-state index in [1.807, 2.05) is 36.4 Å².